The Morgan fingerprint density at radius 1 is 1.37 bits per heavy atom. The molecule has 2 atom stereocenters. The number of nitrogens with two attached hydrogens (primary N) is 1. The fraction of sp³-hybridized carbons (Fsp3) is 0.611. The SMILES string of the molecule is CC.CC(C)(O)O.CNC(=O)C1CC[C@H](n2cnc3c(N)cc(Cl)nc32)C1. The van der Waals surface area contributed by atoms with Crippen LogP contribution in [0.15, 0.2) is 12.4 Å². The Bertz CT molecular complexity index is 751. The average molecular weight is 400 g/mol. The maximum atomic E-state index is 11.7. The van der Waals surface area contributed by atoms with Gasteiger partial charge in [0, 0.05) is 25.1 Å². The Hall–Kier alpha value is -1.90. The smallest absolute Gasteiger partial charge is 0.222 e. The van der Waals surface area contributed by atoms with Gasteiger partial charge in [0.25, 0.3) is 0 Å². The lowest BCUT2D eigenvalue weighted by Crippen LogP contribution is -2.25. The van der Waals surface area contributed by atoms with Crippen molar-refractivity contribution < 1.29 is 15.0 Å². The van der Waals surface area contributed by atoms with Crippen molar-refractivity contribution in [3.63, 3.8) is 0 Å². The van der Waals surface area contributed by atoms with Crippen LogP contribution in [-0.2, 0) is 4.79 Å². The van der Waals surface area contributed by atoms with Crippen LogP contribution in [0.2, 0.25) is 5.15 Å². The lowest BCUT2D eigenvalue weighted by Gasteiger charge is -2.13. The summed E-state index contributed by atoms with van der Waals surface area (Å²) < 4.78 is 1.99. The highest BCUT2D eigenvalue weighted by molar-refractivity contribution is 6.30. The van der Waals surface area contributed by atoms with Crippen molar-refractivity contribution in [3.05, 3.63) is 17.5 Å². The molecular weight excluding hydrogens is 370 g/mol. The topological polar surface area (TPSA) is 126 Å². The summed E-state index contributed by atoms with van der Waals surface area (Å²) in [5.74, 6) is -1.35. The molecule has 27 heavy (non-hydrogen) atoms. The van der Waals surface area contributed by atoms with E-state index in [2.05, 4.69) is 15.3 Å². The summed E-state index contributed by atoms with van der Waals surface area (Å²) in [6.07, 6.45) is 4.33. The fourth-order valence-electron chi connectivity index (χ4n) is 2.92. The molecule has 1 amide bonds. The lowest BCUT2D eigenvalue weighted by molar-refractivity contribution is -0.127. The summed E-state index contributed by atoms with van der Waals surface area (Å²) in [6, 6.07) is 1.82. The number of pyridine rings is 1. The molecule has 2 aromatic heterocycles. The van der Waals surface area contributed by atoms with Crippen LogP contribution < -0.4 is 11.1 Å². The number of halogens is 1. The first-order valence-electron chi connectivity index (χ1n) is 9.05. The quantitative estimate of drug-likeness (QED) is 0.454. The molecule has 0 bridgehead atoms. The molecule has 1 saturated carbocycles. The molecule has 1 fully saturated rings. The van der Waals surface area contributed by atoms with Gasteiger partial charge in [-0.1, -0.05) is 25.4 Å². The molecule has 9 heteroatoms. The summed E-state index contributed by atoms with van der Waals surface area (Å²) in [4.78, 5) is 20.3. The molecule has 0 aromatic carbocycles. The van der Waals surface area contributed by atoms with Gasteiger partial charge in [-0.15, -0.1) is 0 Å². The van der Waals surface area contributed by atoms with Gasteiger partial charge in [-0.25, -0.2) is 9.97 Å². The Kier molecular flexibility index (Phi) is 8.46. The van der Waals surface area contributed by atoms with Crippen molar-refractivity contribution in [2.75, 3.05) is 12.8 Å². The molecule has 0 spiro atoms. The molecule has 2 heterocycles. The van der Waals surface area contributed by atoms with Crippen LogP contribution in [0.5, 0.6) is 0 Å². The molecule has 1 unspecified atom stereocenters. The van der Waals surface area contributed by atoms with E-state index in [-0.39, 0.29) is 17.9 Å². The van der Waals surface area contributed by atoms with Crippen molar-refractivity contribution >= 4 is 34.4 Å². The van der Waals surface area contributed by atoms with Gasteiger partial charge in [-0.05, 0) is 33.1 Å². The Morgan fingerprint density at radius 3 is 2.52 bits per heavy atom. The highest BCUT2D eigenvalue weighted by Gasteiger charge is 2.31. The zero-order chi connectivity index (χ0) is 20.8. The number of anilines is 1. The van der Waals surface area contributed by atoms with E-state index in [0.717, 1.165) is 19.3 Å². The van der Waals surface area contributed by atoms with Gasteiger partial charge in [0.1, 0.15) is 10.7 Å². The number of nitrogens with zero attached hydrogens (tertiary/aromatic N) is 3. The van der Waals surface area contributed by atoms with Crippen LogP contribution in [0.1, 0.15) is 53.0 Å². The number of imidazole rings is 1. The molecule has 152 valence electrons. The zero-order valence-corrected chi connectivity index (χ0v) is 17.3. The minimum absolute atomic E-state index is 0.0546. The second-order valence-electron chi connectivity index (χ2n) is 6.63. The van der Waals surface area contributed by atoms with Crippen LogP contribution in [-0.4, -0.2) is 43.5 Å². The van der Waals surface area contributed by atoms with E-state index in [1.165, 1.54) is 13.8 Å². The summed E-state index contributed by atoms with van der Waals surface area (Å²) in [7, 11) is 1.67. The lowest BCUT2D eigenvalue weighted by atomic mass is 10.1. The second-order valence-corrected chi connectivity index (χ2v) is 7.02. The van der Waals surface area contributed by atoms with Crippen LogP contribution in [0.4, 0.5) is 5.69 Å². The van der Waals surface area contributed by atoms with Gasteiger partial charge < -0.3 is 25.8 Å². The fourth-order valence-corrected chi connectivity index (χ4v) is 3.12. The zero-order valence-electron chi connectivity index (χ0n) is 16.5. The summed E-state index contributed by atoms with van der Waals surface area (Å²) in [5.41, 5.74) is 7.79. The molecule has 2 aromatic rings. The number of aliphatic hydroxyl groups is 2. The number of hydrogen-bond acceptors (Lipinski definition) is 6. The highest BCUT2D eigenvalue weighted by atomic mass is 35.5. The van der Waals surface area contributed by atoms with Crippen molar-refractivity contribution in [1.82, 2.24) is 19.9 Å². The summed E-state index contributed by atoms with van der Waals surface area (Å²) in [5, 5.41) is 19.2. The Balaban J connectivity index is 0.000000454. The first-order chi connectivity index (χ1) is 12.6. The van der Waals surface area contributed by atoms with Crippen molar-refractivity contribution in [3.8, 4) is 0 Å². The third-order valence-electron chi connectivity index (χ3n) is 3.94. The van der Waals surface area contributed by atoms with Crippen LogP contribution in [0.25, 0.3) is 11.2 Å². The predicted molar refractivity (Wildman–Crippen MR) is 107 cm³/mol. The van der Waals surface area contributed by atoms with Crippen molar-refractivity contribution in [2.45, 2.75) is 58.8 Å². The van der Waals surface area contributed by atoms with Gasteiger partial charge in [-0.2, -0.15) is 0 Å². The number of nitrogens with one attached hydrogen (secondary N) is 1. The first kappa shape index (κ1) is 23.1. The maximum absolute atomic E-state index is 11.7. The van der Waals surface area contributed by atoms with E-state index in [9.17, 15) is 4.79 Å². The number of nitrogen functional groups attached to an aromatic ring is 1. The van der Waals surface area contributed by atoms with Gasteiger partial charge in [0.15, 0.2) is 11.4 Å². The number of fused-ring (bicyclic) bond motifs is 1. The predicted octanol–water partition coefficient (Wildman–Crippen LogP) is 2.49. The van der Waals surface area contributed by atoms with E-state index in [4.69, 9.17) is 27.5 Å². The second kappa shape index (κ2) is 9.87. The molecule has 0 radical (unpaired) electrons. The van der Waals surface area contributed by atoms with Crippen LogP contribution in [0, 0.1) is 5.92 Å². The third kappa shape index (κ3) is 6.64. The molecule has 5 N–H and O–H groups in total. The normalized spacial score (nSPS) is 19.0. The number of amides is 1. The first-order valence-corrected chi connectivity index (χ1v) is 9.43. The minimum Gasteiger partial charge on any atom is -0.397 e. The minimum atomic E-state index is -1.50. The number of hydrogen-bond donors (Lipinski definition) is 4. The molecule has 3 rings (SSSR count). The largest absolute Gasteiger partial charge is 0.397 e. The van der Waals surface area contributed by atoms with E-state index in [1.54, 1.807) is 19.4 Å². The van der Waals surface area contributed by atoms with Gasteiger partial charge in [0.2, 0.25) is 5.91 Å². The van der Waals surface area contributed by atoms with Crippen LogP contribution >= 0.6 is 11.6 Å². The van der Waals surface area contributed by atoms with E-state index < -0.39 is 5.79 Å². The van der Waals surface area contributed by atoms with Crippen molar-refractivity contribution in [1.29, 1.82) is 0 Å². The Labute approximate surface area is 164 Å². The van der Waals surface area contributed by atoms with E-state index in [0.29, 0.717) is 22.0 Å². The Morgan fingerprint density at radius 2 is 1.96 bits per heavy atom. The van der Waals surface area contributed by atoms with Gasteiger partial charge >= 0.3 is 0 Å². The summed E-state index contributed by atoms with van der Waals surface area (Å²) in [6.45, 7) is 6.60. The molecule has 8 nitrogen and oxygen atoms in total. The maximum Gasteiger partial charge on any atom is 0.222 e. The van der Waals surface area contributed by atoms with Crippen LogP contribution in [0.3, 0.4) is 0 Å². The van der Waals surface area contributed by atoms with Gasteiger partial charge in [-0.3, -0.25) is 4.79 Å². The number of rotatable bonds is 2. The highest BCUT2D eigenvalue weighted by Crippen LogP contribution is 2.36. The van der Waals surface area contributed by atoms with Crippen molar-refractivity contribution in [2.24, 2.45) is 5.92 Å². The third-order valence-corrected chi connectivity index (χ3v) is 4.14. The number of carbonyl (C=O) groups is 1. The summed E-state index contributed by atoms with van der Waals surface area (Å²) >= 11 is 5.96. The van der Waals surface area contributed by atoms with E-state index >= 15 is 0 Å². The molecule has 0 aliphatic heterocycles. The number of aromatic nitrogens is 3. The standard InChI is InChI=1S/C13H16ClN5O.C3H8O2.C2H6/c1-16-13(20)7-2-3-8(4-7)19-6-17-11-9(15)5-10(14)18-12(11)19;1-3(2,4)5;1-2/h5-8H,2-4H2,1H3,(H2,15,18)(H,16,20);4-5H,1-2H3;1-2H3/t7?,8-;;/m0../s1. The average Bonchev–Trinajstić information content (AvgIpc) is 3.21. The molecule has 1 aliphatic rings. The monoisotopic (exact) mass is 399 g/mol. The number of carbonyl (C=O) groups excluding carboxylic acids is 1. The molecule has 1 aliphatic carbocycles. The molecule has 0 saturated heterocycles. The van der Waals surface area contributed by atoms with Gasteiger partial charge in [0.05, 0.1) is 12.0 Å². The van der Waals surface area contributed by atoms with E-state index in [1.807, 2.05) is 18.4 Å². The molecular formula is C18H30ClN5O3.